The molecule has 2 aromatic carbocycles. The number of aryl methyl sites for hydroxylation is 1. The molecular formula is C23H27N5O. The van der Waals surface area contributed by atoms with E-state index in [1.807, 2.05) is 61.5 Å². The molecule has 29 heavy (non-hydrogen) atoms. The summed E-state index contributed by atoms with van der Waals surface area (Å²) in [5.74, 6) is 1.23. The molecule has 0 aliphatic carbocycles. The first-order valence-corrected chi connectivity index (χ1v) is 9.64. The van der Waals surface area contributed by atoms with Crippen LogP contribution in [0.5, 0.6) is 0 Å². The zero-order valence-electron chi connectivity index (χ0n) is 17.5. The van der Waals surface area contributed by atoms with Crippen LogP contribution in [0.15, 0.2) is 54.6 Å². The van der Waals surface area contributed by atoms with Gasteiger partial charge in [-0.3, -0.25) is 4.79 Å². The first kappa shape index (κ1) is 20.3. The average molecular weight is 390 g/mol. The van der Waals surface area contributed by atoms with Crippen molar-refractivity contribution in [2.75, 3.05) is 29.6 Å². The quantitative estimate of drug-likeness (QED) is 0.623. The monoisotopic (exact) mass is 389 g/mol. The lowest BCUT2D eigenvalue weighted by Gasteiger charge is -2.15. The second-order valence-corrected chi connectivity index (χ2v) is 7.45. The first-order valence-electron chi connectivity index (χ1n) is 9.64. The van der Waals surface area contributed by atoms with E-state index in [0.717, 1.165) is 17.1 Å². The van der Waals surface area contributed by atoms with E-state index in [2.05, 4.69) is 40.5 Å². The highest BCUT2D eigenvalue weighted by Gasteiger charge is 2.13. The molecule has 0 unspecified atom stereocenters. The summed E-state index contributed by atoms with van der Waals surface area (Å²) in [5, 5.41) is 6.23. The maximum Gasteiger partial charge on any atom is 0.274 e. The number of para-hydroxylation sites is 1. The molecule has 2 N–H and O–H groups in total. The number of hydrogen-bond acceptors (Lipinski definition) is 5. The Hall–Kier alpha value is -3.41. The van der Waals surface area contributed by atoms with E-state index in [4.69, 9.17) is 0 Å². The standard InChI is InChI=1S/C23H27N5O/c1-15(2)19-8-6-7-9-20(19)27-22-14-21(24-16(3)25-22)23(29)26-17-10-12-18(13-11-17)28(4)5/h6-15H,1-5H3,(H,26,29)(H,24,25,27). The molecule has 1 heterocycles. The molecule has 1 amide bonds. The third-order valence-corrected chi connectivity index (χ3v) is 4.56. The first-order chi connectivity index (χ1) is 13.8. The fraction of sp³-hybridized carbons (Fsp3) is 0.261. The molecule has 0 aliphatic heterocycles. The van der Waals surface area contributed by atoms with E-state index in [1.165, 1.54) is 5.56 Å². The molecule has 150 valence electrons. The predicted octanol–water partition coefficient (Wildman–Crippen LogP) is 4.97. The van der Waals surface area contributed by atoms with Gasteiger partial charge < -0.3 is 15.5 Å². The van der Waals surface area contributed by atoms with Crippen LogP contribution in [0.3, 0.4) is 0 Å². The summed E-state index contributed by atoms with van der Waals surface area (Å²) in [6.07, 6.45) is 0. The molecule has 0 aliphatic rings. The summed E-state index contributed by atoms with van der Waals surface area (Å²) in [5.41, 5.74) is 4.27. The number of hydrogen-bond donors (Lipinski definition) is 2. The van der Waals surface area contributed by atoms with E-state index < -0.39 is 0 Å². The second-order valence-electron chi connectivity index (χ2n) is 7.45. The Morgan fingerprint density at radius 2 is 1.69 bits per heavy atom. The molecule has 0 radical (unpaired) electrons. The smallest absolute Gasteiger partial charge is 0.274 e. The largest absolute Gasteiger partial charge is 0.378 e. The molecule has 0 spiro atoms. The Bertz CT molecular complexity index is 996. The molecule has 6 heteroatoms. The van der Waals surface area contributed by atoms with Crippen molar-refractivity contribution in [3.63, 3.8) is 0 Å². The number of benzene rings is 2. The zero-order valence-corrected chi connectivity index (χ0v) is 17.5. The number of nitrogens with one attached hydrogen (secondary N) is 2. The Kier molecular flexibility index (Phi) is 6.12. The van der Waals surface area contributed by atoms with Crippen LogP contribution >= 0.6 is 0 Å². The molecular weight excluding hydrogens is 362 g/mol. The van der Waals surface area contributed by atoms with E-state index in [0.29, 0.717) is 23.3 Å². The number of carbonyl (C=O) groups excluding carboxylic acids is 1. The van der Waals surface area contributed by atoms with E-state index in [9.17, 15) is 4.79 Å². The molecule has 3 rings (SSSR count). The Balaban J connectivity index is 1.81. The maximum absolute atomic E-state index is 12.7. The highest BCUT2D eigenvalue weighted by Crippen LogP contribution is 2.26. The van der Waals surface area contributed by atoms with Crippen LogP contribution in [-0.2, 0) is 0 Å². The van der Waals surface area contributed by atoms with Gasteiger partial charge in [-0.2, -0.15) is 0 Å². The number of carbonyl (C=O) groups is 1. The van der Waals surface area contributed by atoms with Gasteiger partial charge in [-0.1, -0.05) is 32.0 Å². The van der Waals surface area contributed by atoms with Crippen molar-refractivity contribution in [2.45, 2.75) is 26.7 Å². The maximum atomic E-state index is 12.7. The zero-order chi connectivity index (χ0) is 21.0. The predicted molar refractivity (Wildman–Crippen MR) is 119 cm³/mol. The van der Waals surface area contributed by atoms with Gasteiger partial charge in [0.1, 0.15) is 17.3 Å². The summed E-state index contributed by atoms with van der Waals surface area (Å²) in [6, 6.07) is 17.4. The molecule has 0 bridgehead atoms. The van der Waals surface area contributed by atoms with Crippen molar-refractivity contribution in [1.29, 1.82) is 0 Å². The van der Waals surface area contributed by atoms with Crippen molar-refractivity contribution in [2.24, 2.45) is 0 Å². The van der Waals surface area contributed by atoms with Gasteiger partial charge in [0.15, 0.2) is 0 Å². The second kappa shape index (κ2) is 8.73. The number of aromatic nitrogens is 2. The molecule has 0 saturated heterocycles. The van der Waals surface area contributed by atoms with E-state index in [1.54, 1.807) is 13.0 Å². The summed E-state index contributed by atoms with van der Waals surface area (Å²) in [7, 11) is 3.95. The third kappa shape index (κ3) is 5.10. The van der Waals surface area contributed by atoms with Crippen LogP contribution in [0.2, 0.25) is 0 Å². The number of nitrogens with zero attached hydrogens (tertiary/aromatic N) is 3. The van der Waals surface area contributed by atoms with Crippen LogP contribution in [0.1, 0.15) is 41.6 Å². The number of amides is 1. The van der Waals surface area contributed by atoms with Gasteiger partial charge in [-0.25, -0.2) is 9.97 Å². The lowest BCUT2D eigenvalue weighted by Crippen LogP contribution is -2.16. The van der Waals surface area contributed by atoms with Gasteiger partial charge in [0.05, 0.1) is 0 Å². The van der Waals surface area contributed by atoms with Crippen molar-refractivity contribution >= 4 is 28.8 Å². The van der Waals surface area contributed by atoms with Crippen LogP contribution in [0.4, 0.5) is 22.9 Å². The van der Waals surface area contributed by atoms with E-state index >= 15 is 0 Å². The van der Waals surface area contributed by atoms with Gasteiger partial charge in [0.2, 0.25) is 0 Å². The summed E-state index contributed by atoms with van der Waals surface area (Å²) < 4.78 is 0. The average Bonchev–Trinajstić information content (AvgIpc) is 2.68. The minimum absolute atomic E-state index is 0.270. The van der Waals surface area contributed by atoms with Gasteiger partial charge >= 0.3 is 0 Å². The summed E-state index contributed by atoms with van der Waals surface area (Å²) >= 11 is 0. The Labute approximate surface area is 172 Å². The SMILES string of the molecule is Cc1nc(Nc2ccccc2C(C)C)cc(C(=O)Nc2ccc(N(C)C)cc2)n1. The van der Waals surface area contributed by atoms with Crippen molar-refractivity contribution < 1.29 is 4.79 Å². The van der Waals surface area contributed by atoms with Gasteiger partial charge in [0, 0.05) is 37.2 Å². The van der Waals surface area contributed by atoms with Crippen LogP contribution < -0.4 is 15.5 Å². The van der Waals surface area contributed by atoms with Crippen LogP contribution in [0, 0.1) is 6.92 Å². The van der Waals surface area contributed by atoms with Crippen molar-refractivity contribution in [3.8, 4) is 0 Å². The number of anilines is 4. The van der Waals surface area contributed by atoms with Gasteiger partial charge in [-0.05, 0) is 48.7 Å². The summed E-state index contributed by atoms with van der Waals surface area (Å²) in [6.45, 7) is 6.07. The van der Waals surface area contributed by atoms with Crippen molar-refractivity contribution in [3.05, 3.63) is 71.7 Å². The van der Waals surface area contributed by atoms with Gasteiger partial charge in [0.25, 0.3) is 5.91 Å². The molecule has 0 atom stereocenters. The minimum atomic E-state index is -0.270. The topological polar surface area (TPSA) is 70.2 Å². The van der Waals surface area contributed by atoms with Gasteiger partial charge in [-0.15, -0.1) is 0 Å². The van der Waals surface area contributed by atoms with Crippen molar-refractivity contribution in [1.82, 2.24) is 9.97 Å². The third-order valence-electron chi connectivity index (χ3n) is 4.56. The highest BCUT2D eigenvalue weighted by atomic mass is 16.1. The molecule has 0 saturated carbocycles. The van der Waals surface area contributed by atoms with E-state index in [-0.39, 0.29) is 5.91 Å². The number of rotatable bonds is 6. The Morgan fingerprint density at radius 3 is 2.34 bits per heavy atom. The van der Waals surface area contributed by atoms with Crippen LogP contribution in [-0.4, -0.2) is 30.0 Å². The lowest BCUT2D eigenvalue weighted by molar-refractivity contribution is 0.102. The molecule has 1 aromatic heterocycles. The molecule has 3 aromatic rings. The fourth-order valence-electron chi connectivity index (χ4n) is 3.04. The lowest BCUT2D eigenvalue weighted by atomic mass is 10.0. The minimum Gasteiger partial charge on any atom is -0.378 e. The van der Waals surface area contributed by atoms with Crippen LogP contribution in [0.25, 0.3) is 0 Å². The highest BCUT2D eigenvalue weighted by molar-refractivity contribution is 6.03. The molecule has 6 nitrogen and oxygen atoms in total. The fourth-order valence-corrected chi connectivity index (χ4v) is 3.04. The summed E-state index contributed by atoms with van der Waals surface area (Å²) in [4.78, 5) is 23.5. The molecule has 0 fully saturated rings. The Morgan fingerprint density at radius 1 is 1.00 bits per heavy atom. The normalized spacial score (nSPS) is 10.7.